The molecular formula is C14H8ClF3N6O. The normalized spacial score (nSPS) is 11.4. The highest BCUT2D eigenvalue weighted by Gasteiger charge is 2.41. The number of nitrogens with one attached hydrogen (secondary N) is 1. The van der Waals surface area contributed by atoms with E-state index in [1.54, 1.807) is 0 Å². The number of halogens is 4. The number of carbonyl (C=O) groups excluding carboxylic acids is 1. The molecule has 3 rings (SSSR count). The molecule has 0 spiro atoms. The summed E-state index contributed by atoms with van der Waals surface area (Å²) in [7, 11) is 0. The SMILES string of the molecule is O=C(Nc1ccnnc1)c1cnn(-c2cccc(Cl)n2)c1C(F)(F)F. The molecule has 0 aliphatic rings. The number of alkyl halides is 3. The number of pyridine rings is 1. The van der Waals surface area contributed by atoms with Gasteiger partial charge in [-0.25, -0.2) is 9.67 Å². The Hall–Kier alpha value is -3.01. The quantitative estimate of drug-likeness (QED) is 0.718. The minimum Gasteiger partial charge on any atom is -0.320 e. The van der Waals surface area contributed by atoms with E-state index in [0.717, 1.165) is 6.20 Å². The first-order chi connectivity index (χ1) is 11.9. The summed E-state index contributed by atoms with van der Waals surface area (Å²) in [5.74, 6) is -1.15. The molecule has 0 radical (unpaired) electrons. The number of nitrogens with zero attached hydrogens (tertiary/aromatic N) is 5. The first-order valence-electron chi connectivity index (χ1n) is 6.72. The first kappa shape index (κ1) is 16.8. The van der Waals surface area contributed by atoms with Crippen LogP contribution in [0.5, 0.6) is 0 Å². The van der Waals surface area contributed by atoms with Crippen LogP contribution < -0.4 is 5.32 Å². The summed E-state index contributed by atoms with van der Waals surface area (Å²) in [5.41, 5.74) is -1.73. The van der Waals surface area contributed by atoms with Crippen molar-refractivity contribution in [2.75, 3.05) is 5.32 Å². The van der Waals surface area contributed by atoms with Crippen molar-refractivity contribution in [2.24, 2.45) is 0 Å². The molecule has 0 bridgehead atoms. The molecule has 0 saturated carbocycles. The van der Waals surface area contributed by atoms with E-state index < -0.39 is 23.3 Å². The molecule has 1 amide bonds. The van der Waals surface area contributed by atoms with Gasteiger partial charge in [-0.1, -0.05) is 17.7 Å². The van der Waals surface area contributed by atoms with Crippen molar-refractivity contribution in [3.05, 3.63) is 59.3 Å². The van der Waals surface area contributed by atoms with Gasteiger partial charge in [-0.15, -0.1) is 0 Å². The lowest BCUT2D eigenvalue weighted by Gasteiger charge is -2.12. The predicted octanol–water partition coefficient (Wildman–Crippen LogP) is 2.98. The Kier molecular flexibility index (Phi) is 4.36. The second-order valence-electron chi connectivity index (χ2n) is 4.72. The van der Waals surface area contributed by atoms with Crippen molar-refractivity contribution in [3.63, 3.8) is 0 Å². The molecule has 0 fully saturated rings. The van der Waals surface area contributed by atoms with Crippen LogP contribution in [-0.4, -0.2) is 30.9 Å². The molecule has 3 aromatic rings. The van der Waals surface area contributed by atoms with Gasteiger partial charge >= 0.3 is 6.18 Å². The van der Waals surface area contributed by atoms with Crippen LogP contribution in [0.1, 0.15) is 16.1 Å². The number of amides is 1. The Bertz CT molecular complexity index is 912. The Morgan fingerprint density at radius 1 is 1.16 bits per heavy atom. The lowest BCUT2D eigenvalue weighted by molar-refractivity contribution is -0.143. The van der Waals surface area contributed by atoms with Gasteiger partial charge in [-0.05, 0) is 18.2 Å². The van der Waals surface area contributed by atoms with Gasteiger partial charge in [0.1, 0.15) is 5.15 Å². The lowest BCUT2D eigenvalue weighted by Crippen LogP contribution is -2.21. The van der Waals surface area contributed by atoms with Crippen LogP contribution >= 0.6 is 11.6 Å². The smallest absolute Gasteiger partial charge is 0.320 e. The summed E-state index contributed by atoms with van der Waals surface area (Å²) in [6, 6.07) is 5.52. The number of anilines is 1. The maximum Gasteiger partial charge on any atom is 0.434 e. The molecule has 1 N–H and O–H groups in total. The Morgan fingerprint density at radius 3 is 2.60 bits per heavy atom. The zero-order valence-corrected chi connectivity index (χ0v) is 13.0. The summed E-state index contributed by atoms with van der Waals surface area (Å²) in [5, 5.41) is 13.0. The summed E-state index contributed by atoms with van der Waals surface area (Å²) in [6.07, 6.45) is -1.53. The van der Waals surface area contributed by atoms with Gasteiger partial charge in [0.2, 0.25) is 0 Å². The zero-order chi connectivity index (χ0) is 18.0. The zero-order valence-electron chi connectivity index (χ0n) is 12.2. The van der Waals surface area contributed by atoms with Gasteiger partial charge in [0.15, 0.2) is 11.5 Å². The third-order valence-electron chi connectivity index (χ3n) is 3.04. The molecule has 0 aliphatic carbocycles. The number of hydrogen-bond donors (Lipinski definition) is 1. The molecular weight excluding hydrogens is 361 g/mol. The van der Waals surface area contributed by atoms with Crippen molar-refractivity contribution in [3.8, 4) is 5.82 Å². The number of aromatic nitrogens is 5. The van der Waals surface area contributed by atoms with Gasteiger partial charge in [0, 0.05) is 0 Å². The molecule has 0 atom stereocenters. The average molecular weight is 369 g/mol. The summed E-state index contributed by atoms with van der Waals surface area (Å²) >= 11 is 5.71. The summed E-state index contributed by atoms with van der Waals surface area (Å²) in [6.45, 7) is 0. The average Bonchev–Trinajstić information content (AvgIpc) is 3.01. The molecule has 3 heterocycles. The van der Waals surface area contributed by atoms with Crippen molar-refractivity contribution >= 4 is 23.2 Å². The van der Waals surface area contributed by atoms with E-state index in [0.29, 0.717) is 4.68 Å². The fraction of sp³-hybridized carbons (Fsp3) is 0.0714. The van der Waals surface area contributed by atoms with Crippen LogP contribution in [0.3, 0.4) is 0 Å². The Labute approximate surface area is 143 Å². The second-order valence-corrected chi connectivity index (χ2v) is 5.11. The minimum absolute atomic E-state index is 0.00464. The third kappa shape index (κ3) is 3.58. The van der Waals surface area contributed by atoms with Crippen LogP contribution in [-0.2, 0) is 6.18 Å². The predicted molar refractivity (Wildman–Crippen MR) is 81.4 cm³/mol. The highest BCUT2D eigenvalue weighted by Crippen LogP contribution is 2.33. The molecule has 0 aliphatic heterocycles. The molecule has 3 aromatic heterocycles. The third-order valence-corrected chi connectivity index (χ3v) is 3.25. The van der Waals surface area contributed by atoms with Gasteiger partial charge in [-0.3, -0.25) is 4.79 Å². The van der Waals surface area contributed by atoms with Crippen LogP contribution in [0.4, 0.5) is 18.9 Å². The monoisotopic (exact) mass is 368 g/mol. The molecule has 11 heteroatoms. The molecule has 0 aromatic carbocycles. The maximum atomic E-state index is 13.5. The Morgan fingerprint density at radius 2 is 1.96 bits per heavy atom. The molecule has 0 saturated heterocycles. The van der Waals surface area contributed by atoms with E-state index in [1.165, 1.54) is 36.7 Å². The van der Waals surface area contributed by atoms with Crippen LogP contribution in [0, 0.1) is 0 Å². The number of rotatable bonds is 3. The standard InChI is InChI=1S/C14H8ClF3N6O/c15-10-2-1-3-11(23-10)24-12(14(16,17)18)9(7-21-24)13(25)22-8-4-5-19-20-6-8/h1-7H,(H,19,22,25). The fourth-order valence-electron chi connectivity index (χ4n) is 2.04. The topological polar surface area (TPSA) is 85.6 Å². The van der Waals surface area contributed by atoms with Crippen LogP contribution in [0.25, 0.3) is 5.82 Å². The van der Waals surface area contributed by atoms with Crippen LogP contribution in [0.2, 0.25) is 5.15 Å². The van der Waals surface area contributed by atoms with E-state index in [1.807, 2.05) is 0 Å². The molecule has 128 valence electrons. The van der Waals surface area contributed by atoms with Crippen molar-refractivity contribution in [1.82, 2.24) is 25.0 Å². The second kappa shape index (κ2) is 6.48. The number of carbonyl (C=O) groups is 1. The molecule has 0 unspecified atom stereocenters. The van der Waals surface area contributed by atoms with Crippen molar-refractivity contribution in [1.29, 1.82) is 0 Å². The fourth-order valence-corrected chi connectivity index (χ4v) is 2.20. The highest BCUT2D eigenvalue weighted by molar-refractivity contribution is 6.29. The Balaban J connectivity index is 2.04. The van der Waals surface area contributed by atoms with E-state index in [9.17, 15) is 18.0 Å². The van der Waals surface area contributed by atoms with E-state index in [4.69, 9.17) is 11.6 Å². The maximum absolute atomic E-state index is 13.5. The summed E-state index contributed by atoms with van der Waals surface area (Å²) in [4.78, 5) is 16.0. The van der Waals surface area contributed by atoms with Crippen molar-refractivity contribution < 1.29 is 18.0 Å². The molecule has 25 heavy (non-hydrogen) atoms. The van der Waals surface area contributed by atoms with E-state index >= 15 is 0 Å². The largest absolute Gasteiger partial charge is 0.434 e. The van der Waals surface area contributed by atoms with E-state index in [-0.39, 0.29) is 16.7 Å². The lowest BCUT2D eigenvalue weighted by atomic mass is 10.2. The van der Waals surface area contributed by atoms with Gasteiger partial charge in [0.05, 0.1) is 29.8 Å². The highest BCUT2D eigenvalue weighted by atomic mass is 35.5. The van der Waals surface area contributed by atoms with Gasteiger partial charge in [0.25, 0.3) is 5.91 Å². The van der Waals surface area contributed by atoms with E-state index in [2.05, 4.69) is 25.6 Å². The minimum atomic E-state index is -4.84. The summed E-state index contributed by atoms with van der Waals surface area (Å²) < 4.78 is 41.0. The first-order valence-corrected chi connectivity index (χ1v) is 7.10. The van der Waals surface area contributed by atoms with Gasteiger partial charge in [-0.2, -0.15) is 28.5 Å². The van der Waals surface area contributed by atoms with Gasteiger partial charge < -0.3 is 5.32 Å². The number of hydrogen-bond acceptors (Lipinski definition) is 5. The van der Waals surface area contributed by atoms with Crippen molar-refractivity contribution in [2.45, 2.75) is 6.18 Å². The van der Waals surface area contributed by atoms with Crippen LogP contribution in [0.15, 0.2) is 42.9 Å². The molecule has 7 nitrogen and oxygen atoms in total.